The number of carbonyl (C=O) groups excluding carboxylic acids is 1. The van der Waals surface area contributed by atoms with Gasteiger partial charge in [-0.3, -0.25) is 9.79 Å². The zero-order chi connectivity index (χ0) is 18.5. The smallest absolute Gasteiger partial charge is 0.310 e. The minimum atomic E-state index is -0.142. The lowest BCUT2D eigenvalue weighted by molar-refractivity contribution is -0.149. The molecule has 5 nitrogen and oxygen atoms in total. The first kappa shape index (κ1) is 18.7. The van der Waals surface area contributed by atoms with Crippen LogP contribution in [0.2, 0.25) is 0 Å². The van der Waals surface area contributed by atoms with Gasteiger partial charge in [-0.2, -0.15) is 0 Å². The number of carbonyl (C=O) groups is 1. The molecule has 1 heterocycles. The maximum atomic E-state index is 14.0. The number of ether oxygens (including phenoxy) is 1. The van der Waals surface area contributed by atoms with E-state index in [0.29, 0.717) is 19.7 Å². The lowest BCUT2D eigenvalue weighted by Gasteiger charge is -2.34. The number of nitrogens with zero attached hydrogens (tertiary/aromatic N) is 2. The van der Waals surface area contributed by atoms with Gasteiger partial charge >= 0.3 is 5.97 Å². The maximum absolute atomic E-state index is 14.0. The second kappa shape index (κ2) is 8.52. The molecule has 1 saturated carbocycles. The monoisotopic (exact) mass is 361 g/mol. The summed E-state index contributed by atoms with van der Waals surface area (Å²) in [5.41, 5.74) is 0.767. The summed E-state index contributed by atoms with van der Waals surface area (Å²) in [7, 11) is 0. The zero-order valence-electron chi connectivity index (χ0n) is 15.6. The predicted octanol–water partition coefficient (Wildman–Crippen LogP) is 2.92. The Kier molecular flexibility index (Phi) is 6.12. The summed E-state index contributed by atoms with van der Waals surface area (Å²) >= 11 is 0. The second-order valence-corrected chi connectivity index (χ2v) is 6.95. The van der Waals surface area contributed by atoms with Crippen molar-refractivity contribution in [2.45, 2.75) is 45.1 Å². The van der Waals surface area contributed by atoms with Crippen LogP contribution in [0.5, 0.6) is 0 Å². The lowest BCUT2D eigenvalue weighted by Crippen LogP contribution is -2.49. The van der Waals surface area contributed by atoms with Crippen molar-refractivity contribution in [1.82, 2.24) is 10.2 Å². The van der Waals surface area contributed by atoms with Crippen LogP contribution < -0.4 is 5.32 Å². The van der Waals surface area contributed by atoms with E-state index in [4.69, 9.17) is 4.74 Å². The van der Waals surface area contributed by atoms with E-state index >= 15 is 0 Å². The van der Waals surface area contributed by atoms with Crippen LogP contribution in [-0.4, -0.2) is 49.1 Å². The van der Waals surface area contributed by atoms with Gasteiger partial charge in [0.25, 0.3) is 0 Å². The van der Waals surface area contributed by atoms with Crippen LogP contribution in [0.3, 0.4) is 0 Å². The number of esters is 1. The topological polar surface area (TPSA) is 53.9 Å². The summed E-state index contributed by atoms with van der Waals surface area (Å²) in [6.07, 6.45) is 2.70. The Morgan fingerprint density at radius 3 is 2.92 bits per heavy atom. The zero-order valence-corrected chi connectivity index (χ0v) is 15.6. The van der Waals surface area contributed by atoms with E-state index in [1.165, 1.54) is 6.07 Å². The molecule has 6 heteroatoms. The van der Waals surface area contributed by atoms with Crippen molar-refractivity contribution in [3.05, 3.63) is 35.6 Å². The number of aliphatic imine (C=N–C) groups is 1. The quantitative estimate of drug-likeness (QED) is 0.498. The van der Waals surface area contributed by atoms with Crippen LogP contribution in [0, 0.1) is 11.7 Å². The van der Waals surface area contributed by atoms with Gasteiger partial charge in [0.05, 0.1) is 12.5 Å². The third kappa shape index (κ3) is 4.34. The number of halogens is 1. The van der Waals surface area contributed by atoms with Crippen molar-refractivity contribution in [2.24, 2.45) is 10.9 Å². The fourth-order valence-electron chi connectivity index (χ4n) is 3.65. The van der Waals surface area contributed by atoms with Crippen molar-refractivity contribution in [1.29, 1.82) is 0 Å². The highest BCUT2D eigenvalue weighted by molar-refractivity contribution is 5.82. The Bertz CT molecular complexity index is 664. The minimum absolute atomic E-state index is 0.103. The van der Waals surface area contributed by atoms with E-state index in [1.54, 1.807) is 6.07 Å². The Morgan fingerprint density at radius 1 is 1.38 bits per heavy atom. The molecule has 2 fully saturated rings. The molecular formula is C20H28FN3O2. The second-order valence-electron chi connectivity index (χ2n) is 6.95. The average Bonchev–Trinajstić information content (AvgIpc) is 3.41. The molecule has 1 aliphatic carbocycles. The molecule has 142 valence electrons. The SMILES string of the molecule is CCN=C(NC1CC1c1ccccc1F)N1CCCC(C(=O)OCC)C1. The highest BCUT2D eigenvalue weighted by Gasteiger charge is 2.41. The number of hydrogen-bond donors (Lipinski definition) is 1. The molecule has 0 spiro atoms. The molecule has 3 atom stereocenters. The lowest BCUT2D eigenvalue weighted by atomic mass is 9.98. The van der Waals surface area contributed by atoms with Crippen molar-refractivity contribution in [2.75, 3.05) is 26.2 Å². The summed E-state index contributed by atoms with van der Waals surface area (Å²) in [6.45, 7) is 6.41. The number of likely N-dealkylation sites (tertiary alicyclic amines) is 1. The number of piperidine rings is 1. The third-order valence-corrected chi connectivity index (χ3v) is 5.06. The molecule has 1 N–H and O–H groups in total. The molecule has 3 unspecified atom stereocenters. The van der Waals surface area contributed by atoms with Gasteiger partial charge in [0.15, 0.2) is 5.96 Å². The summed E-state index contributed by atoms with van der Waals surface area (Å²) in [4.78, 5) is 18.8. The molecule has 1 aliphatic heterocycles. The molecule has 26 heavy (non-hydrogen) atoms. The maximum Gasteiger partial charge on any atom is 0.310 e. The molecule has 0 aromatic heterocycles. The van der Waals surface area contributed by atoms with Crippen LogP contribution in [0.15, 0.2) is 29.3 Å². The van der Waals surface area contributed by atoms with E-state index < -0.39 is 0 Å². The van der Waals surface area contributed by atoms with Gasteiger partial charge in [0, 0.05) is 31.6 Å². The normalized spacial score (nSPS) is 25.7. The van der Waals surface area contributed by atoms with E-state index in [9.17, 15) is 9.18 Å². The average molecular weight is 361 g/mol. The van der Waals surface area contributed by atoms with Gasteiger partial charge in [0.1, 0.15) is 5.82 Å². The summed E-state index contributed by atoms with van der Waals surface area (Å²) in [6, 6.07) is 7.16. The van der Waals surface area contributed by atoms with Crippen LogP contribution in [-0.2, 0) is 9.53 Å². The molecule has 0 bridgehead atoms. The molecule has 1 aromatic rings. The fraction of sp³-hybridized carbons (Fsp3) is 0.600. The van der Waals surface area contributed by atoms with Crippen molar-refractivity contribution in [3.63, 3.8) is 0 Å². The first-order chi connectivity index (χ1) is 12.6. The van der Waals surface area contributed by atoms with E-state index in [1.807, 2.05) is 26.0 Å². The molecular weight excluding hydrogens is 333 g/mol. The number of benzene rings is 1. The van der Waals surface area contributed by atoms with E-state index in [2.05, 4.69) is 15.2 Å². The third-order valence-electron chi connectivity index (χ3n) is 5.06. The van der Waals surface area contributed by atoms with Gasteiger partial charge < -0.3 is 15.0 Å². The molecule has 3 rings (SSSR count). The molecule has 0 amide bonds. The van der Waals surface area contributed by atoms with E-state index in [-0.39, 0.29) is 29.7 Å². The fourth-order valence-corrected chi connectivity index (χ4v) is 3.65. The standard InChI is InChI=1S/C20H28FN3O2/c1-3-22-20(24-11-7-8-14(13-24)19(25)26-4-2)23-18-12-16(18)15-9-5-6-10-17(15)21/h5-6,9-10,14,16,18H,3-4,7-8,11-13H2,1-2H3,(H,22,23). The molecule has 1 saturated heterocycles. The number of nitrogens with one attached hydrogen (secondary N) is 1. The van der Waals surface area contributed by atoms with Crippen LogP contribution >= 0.6 is 0 Å². The first-order valence-corrected chi connectivity index (χ1v) is 9.61. The molecule has 2 aliphatic rings. The summed E-state index contributed by atoms with van der Waals surface area (Å²) in [5.74, 6) is 0.642. The Hall–Kier alpha value is -2.11. The summed E-state index contributed by atoms with van der Waals surface area (Å²) in [5, 5.41) is 3.49. The first-order valence-electron chi connectivity index (χ1n) is 9.61. The van der Waals surface area contributed by atoms with Crippen molar-refractivity contribution in [3.8, 4) is 0 Å². The highest BCUT2D eigenvalue weighted by Crippen LogP contribution is 2.42. The molecule has 1 aromatic carbocycles. The highest BCUT2D eigenvalue weighted by atomic mass is 19.1. The van der Waals surface area contributed by atoms with Crippen LogP contribution in [0.25, 0.3) is 0 Å². The van der Waals surface area contributed by atoms with Gasteiger partial charge in [-0.15, -0.1) is 0 Å². The predicted molar refractivity (Wildman–Crippen MR) is 99.6 cm³/mol. The number of hydrogen-bond acceptors (Lipinski definition) is 3. The van der Waals surface area contributed by atoms with Crippen molar-refractivity contribution >= 4 is 11.9 Å². The largest absolute Gasteiger partial charge is 0.466 e. The Morgan fingerprint density at radius 2 is 2.19 bits per heavy atom. The van der Waals surface area contributed by atoms with Gasteiger partial charge in [-0.25, -0.2) is 4.39 Å². The van der Waals surface area contributed by atoms with Gasteiger partial charge in [-0.1, -0.05) is 18.2 Å². The van der Waals surface area contributed by atoms with Crippen LogP contribution in [0.1, 0.15) is 44.6 Å². The van der Waals surface area contributed by atoms with Gasteiger partial charge in [-0.05, 0) is 44.7 Å². The Labute approximate surface area is 154 Å². The van der Waals surface area contributed by atoms with Crippen molar-refractivity contribution < 1.29 is 13.9 Å². The number of guanidine groups is 1. The summed E-state index contributed by atoms with van der Waals surface area (Å²) < 4.78 is 19.2. The minimum Gasteiger partial charge on any atom is -0.466 e. The number of rotatable bonds is 5. The van der Waals surface area contributed by atoms with E-state index in [0.717, 1.165) is 37.3 Å². The Balaban J connectivity index is 1.62. The van der Waals surface area contributed by atoms with Gasteiger partial charge in [0.2, 0.25) is 0 Å². The van der Waals surface area contributed by atoms with Crippen LogP contribution in [0.4, 0.5) is 4.39 Å². The molecule has 0 radical (unpaired) electrons.